The third-order valence-electron chi connectivity index (χ3n) is 1.08. The first kappa shape index (κ1) is 10.0. The summed E-state index contributed by atoms with van der Waals surface area (Å²) in [6.07, 6.45) is 1.06. The predicted molar refractivity (Wildman–Crippen MR) is 49.6 cm³/mol. The third kappa shape index (κ3) is 6.90. The Morgan fingerprint density at radius 1 is 1.64 bits per heavy atom. The smallest absolute Gasteiger partial charge is 0.188 e. The fourth-order valence-electron chi connectivity index (χ4n) is 0.529. The Bertz CT molecular complexity index is 149. The Kier molecular flexibility index (Phi) is 5.25. The van der Waals surface area contributed by atoms with Crippen LogP contribution in [0.2, 0.25) is 0 Å². The summed E-state index contributed by atoms with van der Waals surface area (Å²) in [5, 5.41) is 2.97. The van der Waals surface area contributed by atoms with Crippen molar-refractivity contribution in [2.45, 2.75) is 20.3 Å². The van der Waals surface area contributed by atoms with Crippen LogP contribution in [0.3, 0.4) is 0 Å². The monoisotopic (exact) mass is 155 g/mol. The van der Waals surface area contributed by atoms with Gasteiger partial charge in [0.25, 0.3) is 0 Å². The summed E-state index contributed by atoms with van der Waals surface area (Å²) < 4.78 is 0. The maximum Gasteiger partial charge on any atom is 0.188 e. The van der Waals surface area contributed by atoms with Crippen molar-refractivity contribution in [3.63, 3.8) is 0 Å². The van der Waals surface area contributed by atoms with E-state index in [1.54, 1.807) is 0 Å². The Balaban J connectivity index is 3.54. The van der Waals surface area contributed by atoms with Gasteiger partial charge in [0.15, 0.2) is 5.96 Å². The highest BCUT2D eigenvalue weighted by Crippen LogP contribution is 1.85. The van der Waals surface area contributed by atoms with Crippen LogP contribution in [-0.4, -0.2) is 19.0 Å². The van der Waals surface area contributed by atoms with Crippen molar-refractivity contribution in [1.82, 2.24) is 5.32 Å². The molecule has 0 fully saturated rings. The molecule has 0 aromatic carbocycles. The van der Waals surface area contributed by atoms with E-state index in [1.165, 1.54) is 0 Å². The van der Waals surface area contributed by atoms with Crippen molar-refractivity contribution in [2.75, 3.05) is 13.1 Å². The normalized spacial score (nSPS) is 11.3. The van der Waals surface area contributed by atoms with E-state index in [0.717, 1.165) is 18.5 Å². The van der Waals surface area contributed by atoms with Crippen molar-refractivity contribution in [3.05, 3.63) is 12.2 Å². The lowest BCUT2D eigenvalue weighted by Gasteiger charge is -2.02. The van der Waals surface area contributed by atoms with Gasteiger partial charge < -0.3 is 11.1 Å². The van der Waals surface area contributed by atoms with Crippen molar-refractivity contribution < 1.29 is 0 Å². The van der Waals surface area contributed by atoms with Crippen LogP contribution in [0, 0.1) is 0 Å². The first-order chi connectivity index (χ1) is 5.16. The first-order valence-corrected chi connectivity index (χ1v) is 3.85. The molecule has 0 rings (SSSR count). The van der Waals surface area contributed by atoms with Gasteiger partial charge >= 0.3 is 0 Å². The molecule has 0 aliphatic rings. The molecule has 0 aliphatic heterocycles. The summed E-state index contributed by atoms with van der Waals surface area (Å²) in [7, 11) is 0. The lowest BCUT2D eigenvalue weighted by molar-refractivity contribution is 0.829. The summed E-state index contributed by atoms with van der Waals surface area (Å²) in [4.78, 5) is 4.04. The molecule has 0 amide bonds. The third-order valence-corrected chi connectivity index (χ3v) is 1.08. The first-order valence-electron chi connectivity index (χ1n) is 3.85. The van der Waals surface area contributed by atoms with Gasteiger partial charge in [0, 0.05) is 6.54 Å². The van der Waals surface area contributed by atoms with Crippen molar-refractivity contribution in [2.24, 2.45) is 10.7 Å². The second kappa shape index (κ2) is 5.77. The van der Waals surface area contributed by atoms with Gasteiger partial charge in [-0.15, -0.1) is 0 Å². The van der Waals surface area contributed by atoms with Gasteiger partial charge in [-0.25, -0.2) is 4.99 Å². The quantitative estimate of drug-likeness (QED) is 0.359. The van der Waals surface area contributed by atoms with Crippen LogP contribution in [0.1, 0.15) is 20.3 Å². The molecule has 0 saturated heterocycles. The molecule has 0 aromatic heterocycles. The Morgan fingerprint density at radius 2 is 2.27 bits per heavy atom. The van der Waals surface area contributed by atoms with Crippen LogP contribution in [0.5, 0.6) is 0 Å². The maximum absolute atomic E-state index is 5.51. The molecule has 0 unspecified atom stereocenters. The second-order valence-corrected chi connectivity index (χ2v) is 2.59. The van der Waals surface area contributed by atoms with Gasteiger partial charge in [0.2, 0.25) is 0 Å². The molecule has 0 radical (unpaired) electrons. The molecule has 0 heterocycles. The Labute approximate surface area is 68.4 Å². The lowest BCUT2D eigenvalue weighted by Crippen LogP contribution is -2.32. The van der Waals surface area contributed by atoms with E-state index in [1.807, 2.05) is 6.92 Å². The summed E-state index contributed by atoms with van der Waals surface area (Å²) in [6.45, 7) is 9.22. The standard InChI is InChI=1S/C8H17N3/c1-4-5-10-8(9)11-6-7(2)3/h2,4-6H2,1,3H3,(H3,9,10,11). The molecule has 11 heavy (non-hydrogen) atoms. The lowest BCUT2D eigenvalue weighted by atomic mass is 10.4. The van der Waals surface area contributed by atoms with E-state index < -0.39 is 0 Å². The largest absolute Gasteiger partial charge is 0.370 e. The zero-order valence-electron chi connectivity index (χ0n) is 7.35. The molecule has 3 heteroatoms. The van der Waals surface area contributed by atoms with E-state index in [4.69, 9.17) is 5.73 Å². The molecular formula is C8H17N3. The van der Waals surface area contributed by atoms with Gasteiger partial charge in [-0.1, -0.05) is 19.1 Å². The average Bonchev–Trinajstić information content (AvgIpc) is 1.97. The summed E-state index contributed by atoms with van der Waals surface area (Å²) in [5.74, 6) is 0.509. The maximum atomic E-state index is 5.51. The second-order valence-electron chi connectivity index (χ2n) is 2.59. The van der Waals surface area contributed by atoms with Gasteiger partial charge in [0.05, 0.1) is 6.54 Å². The molecule has 3 N–H and O–H groups in total. The van der Waals surface area contributed by atoms with Gasteiger partial charge in [-0.05, 0) is 13.3 Å². The molecule has 3 nitrogen and oxygen atoms in total. The van der Waals surface area contributed by atoms with E-state index in [9.17, 15) is 0 Å². The number of guanidine groups is 1. The minimum absolute atomic E-state index is 0.509. The SMILES string of the molecule is C=C(C)CN=C(N)NCCC. The van der Waals surface area contributed by atoms with E-state index in [-0.39, 0.29) is 0 Å². The average molecular weight is 155 g/mol. The predicted octanol–water partition coefficient (Wildman–Crippen LogP) is 0.877. The van der Waals surface area contributed by atoms with Crippen molar-refractivity contribution in [1.29, 1.82) is 0 Å². The van der Waals surface area contributed by atoms with Gasteiger partial charge in [-0.2, -0.15) is 0 Å². The summed E-state index contributed by atoms with van der Waals surface area (Å²) in [5.41, 5.74) is 6.53. The number of nitrogens with zero attached hydrogens (tertiary/aromatic N) is 1. The number of hydrogen-bond donors (Lipinski definition) is 2. The van der Waals surface area contributed by atoms with E-state index >= 15 is 0 Å². The number of rotatable bonds is 4. The van der Waals surface area contributed by atoms with Crippen LogP contribution in [0.15, 0.2) is 17.1 Å². The highest BCUT2D eigenvalue weighted by Gasteiger charge is 1.87. The van der Waals surface area contributed by atoms with Crippen molar-refractivity contribution in [3.8, 4) is 0 Å². The van der Waals surface area contributed by atoms with Gasteiger partial charge in [-0.3, -0.25) is 0 Å². The Hall–Kier alpha value is -0.990. The van der Waals surface area contributed by atoms with E-state index in [0.29, 0.717) is 12.5 Å². The molecule has 0 aliphatic carbocycles. The van der Waals surface area contributed by atoms with Crippen LogP contribution < -0.4 is 11.1 Å². The zero-order chi connectivity index (χ0) is 8.69. The number of aliphatic imine (C=N–C) groups is 1. The molecule has 0 spiro atoms. The number of hydrogen-bond acceptors (Lipinski definition) is 1. The molecule has 0 saturated carbocycles. The number of nitrogens with one attached hydrogen (secondary N) is 1. The molecule has 0 aromatic rings. The van der Waals surface area contributed by atoms with Crippen molar-refractivity contribution >= 4 is 5.96 Å². The van der Waals surface area contributed by atoms with Crippen LogP contribution in [0.25, 0.3) is 0 Å². The molecule has 0 bridgehead atoms. The zero-order valence-corrected chi connectivity index (χ0v) is 7.35. The van der Waals surface area contributed by atoms with Crippen LogP contribution >= 0.6 is 0 Å². The molecule has 64 valence electrons. The fraction of sp³-hybridized carbons (Fsp3) is 0.625. The summed E-state index contributed by atoms with van der Waals surface area (Å²) >= 11 is 0. The fourth-order valence-corrected chi connectivity index (χ4v) is 0.529. The highest BCUT2D eigenvalue weighted by molar-refractivity contribution is 5.77. The van der Waals surface area contributed by atoms with Gasteiger partial charge in [0.1, 0.15) is 0 Å². The Morgan fingerprint density at radius 3 is 2.73 bits per heavy atom. The summed E-state index contributed by atoms with van der Waals surface area (Å²) in [6, 6.07) is 0. The minimum atomic E-state index is 0.509. The molecule has 0 atom stereocenters. The van der Waals surface area contributed by atoms with E-state index in [2.05, 4.69) is 23.8 Å². The minimum Gasteiger partial charge on any atom is -0.370 e. The highest BCUT2D eigenvalue weighted by atomic mass is 15.1. The number of nitrogens with two attached hydrogens (primary N) is 1. The topological polar surface area (TPSA) is 50.4 Å². The van der Waals surface area contributed by atoms with Crippen LogP contribution in [-0.2, 0) is 0 Å². The molecular weight excluding hydrogens is 138 g/mol. The van der Waals surface area contributed by atoms with Crippen LogP contribution in [0.4, 0.5) is 0 Å².